The van der Waals surface area contributed by atoms with E-state index in [0.717, 1.165) is 32.0 Å². The molecule has 1 aromatic rings. The van der Waals surface area contributed by atoms with Gasteiger partial charge in [-0.3, -0.25) is 4.79 Å². The van der Waals surface area contributed by atoms with Gasteiger partial charge < -0.3 is 15.3 Å². The summed E-state index contributed by atoms with van der Waals surface area (Å²) in [5.41, 5.74) is 0.306. The van der Waals surface area contributed by atoms with Gasteiger partial charge in [-0.1, -0.05) is 12.1 Å². The maximum atomic E-state index is 12.3. The molecule has 0 radical (unpaired) electrons. The van der Waals surface area contributed by atoms with Gasteiger partial charge in [-0.2, -0.15) is 0 Å². The summed E-state index contributed by atoms with van der Waals surface area (Å²) in [5, 5.41) is 12.1. The van der Waals surface area contributed by atoms with E-state index in [-0.39, 0.29) is 23.1 Å². The van der Waals surface area contributed by atoms with Crippen molar-refractivity contribution in [2.24, 2.45) is 0 Å². The second-order valence-electron chi connectivity index (χ2n) is 5.87. The molecular formula is C16H20N2O3. The predicted molar refractivity (Wildman–Crippen MR) is 78.5 cm³/mol. The number of amides is 1. The van der Waals surface area contributed by atoms with Crippen molar-refractivity contribution in [2.75, 3.05) is 13.1 Å². The molecule has 1 aliphatic heterocycles. The monoisotopic (exact) mass is 288 g/mol. The number of aromatic carboxylic acids is 1. The van der Waals surface area contributed by atoms with Gasteiger partial charge >= 0.3 is 5.97 Å². The van der Waals surface area contributed by atoms with Crippen LogP contribution in [0.1, 0.15) is 46.4 Å². The molecule has 0 spiro atoms. The zero-order chi connectivity index (χ0) is 14.8. The fourth-order valence-corrected chi connectivity index (χ4v) is 2.98. The molecule has 1 aromatic carbocycles. The number of likely N-dealkylation sites (tertiary alicyclic amines) is 1. The highest BCUT2D eigenvalue weighted by molar-refractivity contribution is 6.04. The van der Waals surface area contributed by atoms with E-state index in [4.69, 9.17) is 5.11 Å². The topological polar surface area (TPSA) is 69.6 Å². The lowest BCUT2D eigenvalue weighted by molar-refractivity contribution is 0.0689. The Labute approximate surface area is 123 Å². The van der Waals surface area contributed by atoms with Crippen LogP contribution in [-0.2, 0) is 0 Å². The molecule has 5 nitrogen and oxygen atoms in total. The summed E-state index contributed by atoms with van der Waals surface area (Å²) in [6.07, 6.45) is 4.50. The maximum Gasteiger partial charge on any atom is 0.336 e. The summed E-state index contributed by atoms with van der Waals surface area (Å²) in [6, 6.07) is 7.28. The second-order valence-corrected chi connectivity index (χ2v) is 5.87. The first-order valence-electron chi connectivity index (χ1n) is 7.52. The third-order valence-electron chi connectivity index (χ3n) is 4.33. The van der Waals surface area contributed by atoms with E-state index >= 15 is 0 Å². The smallest absolute Gasteiger partial charge is 0.336 e. The molecule has 1 saturated heterocycles. The number of hydrogen-bond donors (Lipinski definition) is 2. The Hall–Kier alpha value is -1.88. The molecule has 1 heterocycles. The van der Waals surface area contributed by atoms with E-state index in [2.05, 4.69) is 10.2 Å². The Bertz CT molecular complexity index is 546. The highest BCUT2D eigenvalue weighted by atomic mass is 16.4. The third-order valence-corrected chi connectivity index (χ3v) is 4.33. The molecule has 112 valence electrons. The normalized spacial score (nSPS) is 20.2. The Morgan fingerprint density at radius 3 is 2.24 bits per heavy atom. The van der Waals surface area contributed by atoms with Crippen molar-refractivity contribution in [3.8, 4) is 0 Å². The van der Waals surface area contributed by atoms with Crippen LogP contribution >= 0.6 is 0 Å². The highest BCUT2D eigenvalue weighted by Gasteiger charge is 2.32. The van der Waals surface area contributed by atoms with Gasteiger partial charge in [-0.15, -0.1) is 0 Å². The van der Waals surface area contributed by atoms with Crippen LogP contribution in [0.5, 0.6) is 0 Å². The van der Waals surface area contributed by atoms with Crippen LogP contribution in [0.15, 0.2) is 24.3 Å². The Morgan fingerprint density at radius 1 is 1.05 bits per heavy atom. The summed E-state index contributed by atoms with van der Waals surface area (Å²) in [5.74, 6) is -1.35. The van der Waals surface area contributed by atoms with E-state index in [1.807, 2.05) is 0 Å². The molecule has 21 heavy (non-hydrogen) atoms. The molecule has 5 heteroatoms. The number of piperidine rings is 1. The average Bonchev–Trinajstić information content (AvgIpc) is 3.32. The van der Waals surface area contributed by atoms with Crippen LogP contribution in [0.4, 0.5) is 0 Å². The quantitative estimate of drug-likeness (QED) is 0.885. The van der Waals surface area contributed by atoms with Gasteiger partial charge in [0.05, 0.1) is 11.1 Å². The van der Waals surface area contributed by atoms with Crippen molar-refractivity contribution >= 4 is 11.9 Å². The van der Waals surface area contributed by atoms with E-state index in [1.165, 1.54) is 18.9 Å². The first-order chi connectivity index (χ1) is 10.1. The van der Waals surface area contributed by atoms with E-state index in [1.54, 1.807) is 18.2 Å². The van der Waals surface area contributed by atoms with Gasteiger partial charge in [0.1, 0.15) is 0 Å². The number of hydrogen-bond acceptors (Lipinski definition) is 3. The molecule has 0 unspecified atom stereocenters. The zero-order valence-electron chi connectivity index (χ0n) is 11.9. The highest BCUT2D eigenvalue weighted by Crippen LogP contribution is 2.29. The molecule has 1 saturated carbocycles. The Kier molecular flexibility index (Phi) is 3.92. The minimum Gasteiger partial charge on any atom is -0.478 e. The Morgan fingerprint density at radius 2 is 1.67 bits per heavy atom. The minimum absolute atomic E-state index is 0.0606. The standard InChI is InChI=1S/C16H20N2O3/c19-15(13-3-1-2-4-14(13)16(20)21)17-11-7-9-18(10-8-11)12-5-6-12/h1-4,11-12H,5-10H2,(H,17,19)(H,20,21). The number of nitrogens with one attached hydrogen (secondary N) is 1. The fourth-order valence-electron chi connectivity index (χ4n) is 2.98. The van der Waals surface area contributed by atoms with E-state index in [0.29, 0.717) is 0 Å². The first kappa shape index (κ1) is 14.1. The zero-order valence-corrected chi connectivity index (χ0v) is 11.9. The number of nitrogens with zero attached hydrogens (tertiary/aromatic N) is 1. The van der Waals surface area contributed by atoms with Crippen LogP contribution in [0.25, 0.3) is 0 Å². The maximum absolute atomic E-state index is 12.3. The number of carboxylic acid groups (broad SMARTS) is 1. The molecule has 0 atom stereocenters. The number of rotatable bonds is 4. The van der Waals surface area contributed by atoms with Crippen LogP contribution in [0.3, 0.4) is 0 Å². The molecule has 0 aromatic heterocycles. The van der Waals surface area contributed by atoms with E-state index < -0.39 is 5.97 Å². The lowest BCUT2D eigenvalue weighted by Crippen LogP contribution is -2.45. The number of carbonyl (C=O) groups excluding carboxylic acids is 1. The van der Waals surface area contributed by atoms with Gasteiger partial charge in [-0.25, -0.2) is 4.79 Å². The Balaban J connectivity index is 1.60. The molecule has 1 aliphatic carbocycles. The van der Waals surface area contributed by atoms with Gasteiger partial charge in [-0.05, 0) is 37.8 Å². The van der Waals surface area contributed by atoms with Gasteiger partial charge in [0, 0.05) is 25.2 Å². The average molecular weight is 288 g/mol. The SMILES string of the molecule is O=C(O)c1ccccc1C(=O)NC1CCN(C2CC2)CC1. The van der Waals surface area contributed by atoms with Crippen molar-refractivity contribution in [3.63, 3.8) is 0 Å². The van der Waals surface area contributed by atoms with Crippen molar-refractivity contribution in [3.05, 3.63) is 35.4 Å². The predicted octanol–water partition coefficient (Wildman–Crippen LogP) is 1.74. The van der Waals surface area contributed by atoms with Crippen molar-refractivity contribution in [1.29, 1.82) is 0 Å². The van der Waals surface area contributed by atoms with Gasteiger partial charge in [0.25, 0.3) is 5.91 Å². The lowest BCUT2D eigenvalue weighted by Gasteiger charge is -2.32. The first-order valence-corrected chi connectivity index (χ1v) is 7.52. The number of carboxylic acids is 1. The summed E-state index contributed by atoms with van der Waals surface area (Å²) in [6.45, 7) is 2.05. The summed E-state index contributed by atoms with van der Waals surface area (Å²) >= 11 is 0. The molecule has 2 fully saturated rings. The number of carbonyl (C=O) groups is 2. The van der Waals surface area contributed by atoms with Crippen molar-refractivity contribution in [2.45, 2.75) is 37.8 Å². The van der Waals surface area contributed by atoms with E-state index in [9.17, 15) is 9.59 Å². The largest absolute Gasteiger partial charge is 0.478 e. The molecule has 1 amide bonds. The van der Waals surface area contributed by atoms with Crippen molar-refractivity contribution < 1.29 is 14.7 Å². The number of benzene rings is 1. The van der Waals surface area contributed by atoms with Crippen LogP contribution in [0.2, 0.25) is 0 Å². The minimum atomic E-state index is -1.07. The fraction of sp³-hybridized carbons (Fsp3) is 0.500. The van der Waals surface area contributed by atoms with Crippen LogP contribution < -0.4 is 5.32 Å². The molecule has 0 bridgehead atoms. The molecular weight excluding hydrogens is 268 g/mol. The van der Waals surface area contributed by atoms with Gasteiger partial charge in [0.15, 0.2) is 0 Å². The second kappa shape index (κ2) is 5.85. The molecule has 2 N–H and O–H groups in total. The van der Waals surface area contributed by atoms with Crippen LogP contribution in [-0.4, -0.2) is 47.1 Å². The molecule has 3 rings (SSSR count). The summed E-state index contributed by atoms with van der Waals surface area (Å²) < 4.78 is 0. The van der Waals surface area contributed by atoms with Gasteiger partial charge in [0.2, 0.25) is 0 Å². The third kappa shape index (κ3) is 3.24. The molecule has 2 aliphatic rings. The lowest BCUT2D eigenvalue weighted by atomic mass is 10.0. The summed E-state index contributed by atoms with van der Waals surface area (Å²) in [4.78, 5) is 25.9. The van der Waals surface area contributed by atoms with Crippen LogP contribution in [0, 0.1) is 0 Å². The summed E-state index contributed by atoms with van der Waals surface area (Å²) in [7, 11) is 0. The van der Waals surface area contributed by atoms with Crippen molar-refractivity contribution in [1.82, 2.24) is 10.2 Å².